The summed E-state index contributed by atoms with van der Waals surface area (Å²) in [6.07, 6.45) is 4.44. The Morgan fingerprint density at radius 2 is 2.00 bits per heavy atom. The molecule has 15 nitrogen and oxygen atoms in total. The third-order valence-electron chi connectivity index (χ3n) is 7.32. The molecule has 0 spiro atoms. The third kappa shape index (κ3) is 7.30. The lowest BCUT2D eigenvalue weighted by molar-refractivity contribution is -0.147. The summed E-state index contributed by atoms with van der Waals surface area (Å²) in [5, 5.41) is 24.5. The summed E-state index contributed by atoms with van der Waals surface area (Å²) >= 11 is 0. The number of ether oxygens (including phenoxy) is 2. The van der Waals surface area contributed by atoms with E-state index in [0.717, 1.165) is 6.08 Å². The van der Waals surface area contributed by atoms with Crippen LogP contribution in [0.1, 0.15) is 33.1 Å². The number of rotatable bonds is 14. The molecule has 16 heteroatoms. The van der Waals surface area contributed by atoms with E-state index < -0.39 is 62.0 Å². The van der Waals surface area contributed by atoms with Gasteiger partial charge in [0.25, 0.3) is 5.91 Å². The minimum absolute atomic E-state index is 0.0811. The number of nitrogens with one attached hydrogen (secondary N) is 5. The number of carbonyl (C=O) groups excluding carboxylic acids is 3. The van der Waals surface area contributed by atoms with Crippen molar-refractivity contribution < 1.29 is 42.2 Å². The van der Waals surface area contributed by atoms with E-state index in [1.54, 1.807) is 6.92 Å². The van der Waals surface area contributed by atoms with Crippen LogP contribution in [-0.4, -0.2) is 99.4 Å². The van der Waals surface area contributed by atoms with Gasteiger partial charge in [0.2, 0.25) is 15.9 Å². The predicted molar refractivity (Wildman–Crippen MR) is 146 cm³/mol. The first kappa shape index (κ1) is 32.2. The highest BCUT2D eigenvalue weighted by atomic mass is 32.2. The molecule has 3 rings (SSSR count). The summed E-state index contributed by atoms with van der Waals surface area (Å²) in [4.78, 5) is 49.7. The molecule has 1 saturated carbocycles. The second kappa shape index (κ2) is 13.1. The number of amidine groups is 1. The summed E-state index contributed by atoms with van der Waals surface area (Å²) in [6, 6.07) is -1.31. The van der Waals surface area contributed by atoms with Gasteiger partial charge in [0.15, 0.2) is 5.60 Å². The van der Waals surface area contributed by atoms with Crippen molar-refractivity contribution >= 4 is 39.6 Å². The number of morpholine rings is 1. The number of carboxylic acids is 1. The molecule has 3 aliphatic rings. The average molecular weight is 599 g/mol. The standard InChI is InChI=1S/C25H38N6O9S/c1-3-39-19(32)7-9-29-20(33)15(2)31-41(37,38)18-12-16(6-8-25(18,23(35)36)17-4-5-17)21(34)30-14-24(22(26)27)13-28-10-11-40-24/h6,8,12,15,17-18,28,31H,3-5,7,9-11,13-14H2,1-2H3,(H3,26,27)(H,29,33)(H,30,34)(H,35,36). The van der Waals surface area contributed by atoms with Gasteiger partial charge in [-0.25, -0.2) is 13.1 Å². The van der Waals surface area contributed by atoms with E-state index >= 15 is 0 Å². The number of nitrogens with two attached hydrogens (primary N) is 1. The van der Waals surface area contributed by atoms with Gasteiger partial charge in [-0.15, -0.1) is 0 Å². The maximum Gasteiger partial charge on any atom is 0.315 e. The summed E-state index contributed by atoms with van der Waals surface area (Å²) in [5.74, 6) is -4.12. The Bertz CT molecular complexity index is 1220. The van der Waals surface area contributed by atoms with Crippen LogP contribution >= 0.6 is 0 Å². The Labute approximate surface area is 238 Å². The monoisotopic (exact) mass is 598 g/mol. The van der Waals surface area contributed by atoms with Gasteiger partial charge in [0, 0.05) is 25.2 Å². The minimum Gasteiger partial charge on any atom is -0.481 e. The van der Waals surface area contributed by atoms with Crippen molar-refractivity contribution in [1.29, 1.82) is 5.41 Å². The lowest BCUT2D eigenvalue weighted by Gasteiger charge is -2.37. The van der Waals surface area contributed by atoms with Crippen molar-refractivity contribution in [3.8, 4) is 0 Å². The van der Waals surface area contributed by atoms with Gasteiger partial charge in [0.1, 0.15) is 16.5 Å². The smallest absolute Gasteiger partial charge is 0.315 e. The molecule has 41 heavy (non-hydrogen) atoms. The number of amides is 2. The van der Waals surface area contributed by atoms with Crippen molar-refractivity contribution in [2.24, 2.45) is 17.1 Å². The van der Waals surface area contributed by atoms with E-state index in [1.165, 1.54) is 19.1 Å². The van der Waals surface area contributed by atoms with Gasteiger partial charge >= 0.3 is 11.9 Å². The van der Waals surface area contributed by atoms with Crippen molar-refractivity contribution in [3.63, 3.8) is 0 Å². The van der Waals surface area contributed by atoms with Crippen LogP contribution in [0.5, 0.6) is 0 Å². The maximum atomic E-state index is 13.6. The average Bonchev–Trinajstić information content (AvgIpc) is 3.77. The molecule has 1 heterocycles. The Balaban J connectivity index is 1.80. The zero-order valence-corrected chi connectivity index (χ0v) is 23.8. The van der Waals surface area contributed by atoms with Crippen LogP contribution in [0, 0.1) is 16.7 Å². The maximum absolute atomic E-state index is 13.6. The molecule has 0 radical (unpaired) electrons. The fourth-order valence-corrected chi connectivity index (χ4v) is 6.85. The van der Waals surface area contributed by atoms with Crippen molar-refractivity contribution in [2.75, 3.05) is 39.4 Å². The predicted octanol–water partition coefficient (Wildman–Crippen LogP) is -1.88. The number of hydrogen-bond donors (Lipinski definition) is 7. The summed E-state index contributed by atoms with van der Waals surface area (Å²) < 4.78 is 39.9. The van der Waals surface area contributed by atoms with Crippen molar-refractivity contribution in [2.45, 2.75) is 50.0 Å². The first-order chi connectivity index (χ1) is 19.3. The molecule has 0 bridgehead atoms. The normalized spacial score (nSPS) is 26.8. The largest absolute Gasteiger partial charge is 0.481 e. The van der Waals surface area contributed by atoms with Crippen LogP contribution in [0.2, 0.25) is 0 Å². The Hall–Kier alpha value is -3.34. The van der Waals surface area contributed by atoms with Gasteiger partial charge in [-0.1, -0.05) is 18.2 Å². The van der Waals surface area contributed by atoms with Crippen LogP contribution < -0.4 is 26.4 Å². The Morgan fingerprint density at radius 3 is 2.56 bits per heavy atom. The highest BCUT2D eigenvalue weighted by Crippen LogP contribution is 2.52. The fraction of sp³-hybridized carbons (Fsp3) is 0.640. The van der Waals surface area contributed by atoms with E-state index in [2.05, 4.69) is 20.7 Å². The molecule has 0 aromatic heterocycles. The zero-order valence-electron chi connectivity index (χ0n) is 23.0. The molecule has 2 amide bonds. The number of sulfonamides is 1. The number of aliphatic carboxylic acids is 1. The fourth-order valence-electron chi connectivity index (χ4n) is 4.89. The molecule has 4 unspecified atom stereocenters. The summed E-state index contributed by atoms with van der Waals surface area (Å²) in [7, 11) is -4.54. The van der Waals surface area contributed by atoms with Gasteiger partial charge in [-0.3, -0.25) is 24.6 Å². The molecule has 2 fully saturated rings. The van der Waals surface area contributed by atoms with Gasteiger partial charge < -0.3 is 36.3 Å². The molecule has 0 aromatic carbocycles. The molecule has 1 saturated heterocycles. The van der Waals surface area contributed by atoms with Gasteiger partial charge in [-0.05, 0) is 32.6 Å². The molecule has 1 aliphatic heterocycles. The highest BCUT2D eigenvalue weighted by Gasteiger charge is 2.59. The topological polar surface area (TPSA) is 239 Å². The SMILES string of the molecule is CCOC(=O)CCNC(=O)C(C)NS(=O)(=O)C1C=C(C(=O)NCC2(C(=N)N)CNCCO2)C=CC1(C(=O)O)C1CC1. The quantitative estimate of drug-likeness (QED) is 0.0663. The molecule has 8 N–H and O–H groups in total. The highest BCUT2D eigenvalue weighted by molar-refractivity contribution is 7.90. The lowest BCUT2D eigenvalue weighted by Crippen LogP contribution is -2.62. The van der Waals surface area contributed by atoms with E-state index in [0.29, 0.717) is 19.4 Å². The zero-order chi connectivity index (χ0) is 30.4. The van der Waals surface area contributed by atoms with Crippen LogP contribution in [0.4, 0.5) is 0 Å². The van der Waals surface area contributed by atoms with Crippen molar-refractivity contribution in [3.05, 3.63) is 23.8 Å². The van der Waals surface area contributed by atoms with Crippen LogP contribution in [0.3, 0.4) is 0 Å². The van der Waals surface area contributed by atoms with Crippen LogP contribution in [0.15, 0.2) is 23.8 Å². The Kier molecular flexibility index (Phi) is 10.3. The first-order valence-corrected chi connectivity index (χ1v) is 14.9. The van der Waals surface area contributed by atoms with Gasteiger partial charge in [-0.2, -0.15) is 0 Å². The number of hydrogen-bond acceptors (Lipinski definition) is 10. The summed E-state index contributed by atoms with van der Waals surface area (Å²) in [5.41, 5.74) is 2.47. The third-order valence-corrected chi connectivity index (χ3v) is 9.20. The number of carbonyl (C=O) groups is 4. The molecular formula is C25H38N6O9S. The van der Waals surface area contributed by atoms with E-state index in [1.807, 2.05) is 0 Å². The van der Waals surface area contributed by atoms with E-state index in [9.17, 15) is 32.7 Å². The second-order valence-electron chi connectivity index (χ2n) is 10.2. The van der Waals surface area contributed by atoms with E-state index in [-0.39, 0.29) is 50.7 Å². The molecule has 4 atom stereocenters. The molecule has 228 valence electrons. The van der Waals surface area contributed by atoms with Crippen molar-refractivity contribution in [1.82, 2.24) is 20.7 Å². The first-order valence-electron chi connectivity index (χ1n) is 13.4. The minimum atomic E-state index is -4.54. The second-order valence-corrected chi connectivity index (χ2v) is 12.1. The molecule has 0 aromatic rings. The Morgan fingerprint density at radius 1 is 1.29 bits per heavy atom. The van der Waals surface area contributed by atoms with Gasteiger partial charge in [0.05, 0.1) is 32.2 Å². The molecular weight excluding hydrogens is 560 g/mol. The lowest BCUT2D eigenvalue weighted by atomic mass is 9.75. The van der Waals surface area contributed by atoms with E-state index in [4.69, 9.17) is 20.6 Å². The molecule has 2 aliphatic carbocycles. The summed E-state index contributed by atoms with van der Waals surface area (Å²) in [6.45, 7) is 3.84. The number of esters is 1. The van der Waals surface area contributed by atoms with Crippen LogP contribution in [0.25, 0.3) is 0 Å². The number of carboxylic acid groups (broad SMARTS) is 1. The van der Waals surface area contributed by atoms with Crippen LogP contribution in [-0.2, 0) is 38.7 Å².